The monoisotopic (exact) mass is 342 g/mol. The Kier molecular flexibility index (Phi) is 8.42. The van der Waals surface area contributed by atoms with Crippen LogP contribution in [0.2, 0.25) is 0 Å². The van der Waals surface area contributed by atoms with Crippen LogP contribution in [0.25, 0.3) is 0 Å². The summed E-state index contributed by atoms with van der Waals surface area (Å²) in [5, 5.41) is 6.25. The molecule has 7 nitrogen and oxygen atoms in total. The Labute approximate surface area is 138 Å². The summed E-state index contributed by atoms with van der Waals surface area (Å²) >= 11 is 0. The summed E-state index contributed by atoms with van der Waals surface area (Å²) < 4.78 is 30.4. The quantitative estimate of drug-likeness (QED) is 0.342. The highest BCUT2D eigenvalue weighted by Crippen LogP contribution is 2.17. The highest BCUT2D eigenvalue weighted by Gasteiger charge is 2.05. The molecule has 0 aliphatic heterocycles. The molecule has 0 bridgehead atoms. The number of methoxy groups -OCH3 is 1. The lowest BCUT2D eigenvalue weighted by atomic mass is 10.1. The summed E-state index contributed by atoms with van der Waals surface area (Å²) in [6.45, 7) is 3.09. The van der Waals surface area contributed by atoms with Crippen LogP contribution in [0.1, 0.15) is 12.5 Å². The van der Waals surface area contributed by atoms with Crippen molar-refractivity contribution in [3.05, 3.63) is 29.8 Å². The molecule has 0 heterocycles. The van der Waals surface area contributed by atoms with Gasteiger partial charge in [0, 0.05) is 26.7 Å². The Morgan fingerprint density at radius 1 is 1.17 bits per heavy atom. The van der Waals surface area contributed by atoms with Crippen molar-refractivity contribution in [1.82, 2.24) is 15.4 Å². The van der Waals surface area contributed by atoms with Gasteiger partial charge < -0.3 is 15.4 Å². The minimum atomic E-state index is -3.15. The van der Waals surface area contributed by atoms with Gasteiger partial charge in [0.05, 0.1) is 12.9 Å². The van der Waals surface area contributed by atoms with E-state index in [1.807, 2.05) is 24.3 Å². The molecule has 0 atom stereocenters. The molecule has 0 amide bonds. The summed E-state index contributed by atoms with van der Waals surface area (Å²) in [5.41, 5.74) is 1.12. The number of para-hydroxylation sites is 1. The van der Waals surface area contributed by atoms with E-state index < -0.39 is 10.0 Å². The number of guanidine groups is 1. The van der Waals surface area contributed by atoms with Crippen LogP contribution in [0.5, 0.6) is 5.75 Å². The largest absolute Gasteiger partial charge is 0.496 e. The second kappa shape index (κ2) is 10.1. The van der Waals surface area contributed by atoms with Gasteiger partial charge in [-0.25, -0.2) is 13.1 Å². The van der Waals surface area contributed by atoms with Crippen LogP contribution in [0, 0.1) is 0 Å². The zero-order valence-corrected chi connectivity index (χ0v) is 14.7. The average Bonchev–Trinajstić information content (AvgIpc) is 2.57. The van der Waals surface area contributed by atoms with Gasteiger partial charge in [0.15, 0.2) is 5.96 Å². The van der Waals surface area contributed by atoms with Crippen molar-refractivity contribution in [3.8, 4) is 5.75 Å². The SMILES string of the molecule is CCS(=O)(=O)NCCNC(=NC)NCCc1ccccc1OC. The summed E-state index contributed by atoms with van der Waals surface area (Å²) in [6, 6.07) is 7.87. The second-order valence-corrected chi connectivity index (χ2v) is 6.88. The second-order valence-electron chi connectivity index (χ2n) is 4.79. The number of nitrogens with zero attached hydrogens (tertiary/aromatic N) is 1. The zero-order chi connectivity index (χ0) is 17.1. The van der Waals surface area contributed by atoms with E-state index in [1.54, 1.807) is 21.1 Å². The Morgan fingerprint density at radius 3 is 2.52 bits per heavy atom. The number of hydrogen-bond donors (Lipinski definition) is 3. The predicted molar refractivity (Wildman–Crippen MR) is 93.5 cm³/mol. The van der Waals surface area contributed by atoms with E-state index in [9.17, 15) is 8.42 Å². The van der Waals surface area contributed by atoms with Gasteiger partial charge in [-0.1, -0.05) is 18.2 Å². The van der Waals surface area contributed by atoms with Crippen molar-refractivity contribution in [2.24, 2.45) is 4.99 Å². The summed E-state index contributed by atoms with van der Waals surface area (Å²) in [5.74, 6) is 1.58. The molecule has 0 aliphatic carbocycles. The first-order chi connectivity index (χ1) is 11.0. The predicted octanol–water partition coefficient (Wildman–Crippen LogP) is 0.342. The number of nitrogens with one attached hydrogen (secondary N) is 3. The number of sulfonamides is 1. The van der Waals surface area contributed by atoms with Gasteiger partial charge in [0.2, 0.25) is 10.0 Å². The molecule has 0 aliphatic rings. The molecule has 3 N–H and O–H groups in total. The summed E-state index contributed by atoms with van der Waals surface area (Å²) in [6.07, 6.45) is 0.799. The maximum absolute atomic E-state index is 11.3. The van der Waals surface area contributed by atoms with Gasteiger partial charge in [-0.3, -0.25) is 4.99 Å². The van der Waals surface area contributed by atoms with E-state index in [1.165, 1.54) is 0 Å². The molecule has 0 spiro atoms. The van der Waals surface area contributed by atoms with Crippen LogP contribution in [-0.4, -0.2) is 53.9 Å². The Hall–Kier alpha value is -1.80. The Balaban J connectivity index is 2.32. The van der Waals surface area contributed by atoms with Crippen molar-refractivity contribution in [1.29, 1.82) is 0 Å². The van der Waals surface area contributed by atoms with Gasteiger partial charge >= 0.3 is 0 Å². The topological polar surface area (TPSA) is 91.8 Å². The molecular weight excluding hydrogens is 316 g/mol. The Bertz CT molecular complexity index is 602. The third kappa shape index (κ3) is 7.34. The van der Waals surface area contributed by atoms with Crippen molar-refractivity contribution in [2.75, 3.05) is 39.5 Å². The molecule has 0 aromatic heterocycles. The third-order valence-corrected chi connectivity index (χ3v) is 4.63. The van der Waals surface area contributed by atoms with Gasteiger partial charge in [0.1, 0.15) is 5.75 Å². The standard InChI is InChI=1S/C15H26N4O3S/c1-4-23(20,21)19-12-11-18-15(16-2)17-10-9-13-7-5-6-8-14(13)22-3/h5-8,19H,4,9-12H2,1-3H3,(H2,16,17,18). The highest BCUT2D eigenvalue weighted by molar-refractivity contribution is 7.89. The van der Waals surface area contributed by atoms with Gasteiger partial charge in [-0.15, -0.1) is 0 Å². The minimum absolute atomic E-state index is 0.0822. The summed E-state index contributed by atoms with van der Waals surface area (Å²) in [4.78, 5) is 4.10. The number of benzene rings is 1. The van der Waals surface area contributed by atoms with Crippen molar-refractivity contribution >= 4 is 16.0 Å². The molecule has 0 saturated carbocycles. The molecule has 0 saturated heterocycles. The first kappa shape index (κ1) is 19.2. The average molecular weight is 342 g/mol. The fourth-order valence-corrected chi connectivity index (χ4v) is 2.55. The number of rotatable bonds is 9. The lowest BCUT2D eigenvalue weighted by Crippen LogP contribution is -2.42. The van der Waals surface area contributed by atoms with E-state index in [0.29, 0.717) is 25.6 Å². The number of ether oxygens (including phenoxy) is 1. The molecule has 130 valence electrons. The van der Waals surface area contributed by atoms with E-state index in [-0.39, 0.29) is 5.75 Å². The van der Waals surface area contributed by atoms with Gasteiger partial charge in [-0.2, -0.15) is 0 Å². The van der Waals surface area contributed by atoms with Gasteiger partial charge in [-0.05, 0) is 25.0 Å². The lowest BCUT2D eigenvalue weighted by molar-refractivity contribution is 0.409. The summed E-state index contributed by atoms with van der Waals surface area (Å²) in [7, 11) is 0.183. The van der Waals surface area contributed by atoms with Crippen LogP contribution >= 0.6 is 0 Å². The van der Waals surface area contributed by atoms with Crippen LogP contribution in [0.15, 0.2) is 29.3 Å². The van der Waals surface area contributed by atoms with Crippen LogP contribution < -0.4 is 20.1 Å². The van der Waals surface area contributed by atoms with E-state index >= 15 is 0 Å². The number of hydrogen-bond acceptors (Lipinski definition) is 4. The normalized spacial score (nSPS) is 12.0. The van der Waals surface area contributed by atoms with Gasteiger partial charge in [0.25, 0.3) is 0 Å². The minimum Gasteiger partial charge on any atom is -0.496 e. The molecule has 1 aromatic rings. The van der Waals surface area contributed by atoms with Crippen LogP contribution in [0.3, 0.4) is 0 Å². The number of aliphatic imine (C=N–C) groups is 1. The highest BCUT2D eigenvalue weighted by atomic mass is 32.2. The van der Waals surface area contributed by atoms with E-state index in [4.69, 9.17) is 4.74 Å². The maximum Gasteiger partial charge on any atom is 0.211 e. The third-order valence-electron chi connectivity index (χ3n) is 3.22. The van der Waals surface area contributed by atoms with Crippen LogP contribution in [-0.2, 0) is 16.4 Å². The fraction of sp³-hybridized carbons (Fsp3) is 0.533. The molecule has 1 aromatic carbocycles. The molecular formula is C15H26N4O3S. The van der Waals surface area contributed by atoms with E-state index in [0.717, 1.165) is 17.7 Å². The van der Waals surface area contributed by atoms with Crippen molar-refractivity contribution < 1.29 is 13.2 Å². The molecule has 23 heavy (non-hydrogen) atoms. The first-order valence-electron chi connectivity index (χ1n) is 7.56. The van der Waals surface area contributed by atoms with Crippen LogP contribution in [0.4, 0.5) is 0 Å². The van der Waals surface area contributed by atoms with Crippen molar-refractivity contribution in [3.63, 3.8) is 0 Å². The fourth-order valence-electron chi connectivity index (χ4n) is 1.94. The molecule has 8 heteroatoms. The zero-order valence-electron chi connectivity index (χ0n) is 13.9. The van der Waals surface area contributed by atoms with Crippen molar-refractivity contribution in [2.45, 2.75) is 13.3 Å². The van der Waals surface area contributed by atoms with E-state index in [2.05, 4.69) is 20.3 Å². The Morgan fingerprint density at radius 2 is 1.87 bits per heavy atom. The molecule has 1 rings (SSSR count). The lowest BCUT2D eigenvalue weighted by Gasteiger charge is -2.13. The molecule has 0 fully saturated rings. The first-order valence-corrected chi connectivity index (χ1v) is 9.21. The maximum atomic E-state index is 11.3. The molecule has 0 unspecified atom stereocenters. The smallest absolute Gasteiger partial charge is 0.211 e. The molecule has 0 radical (unpaired) electrons.